The minimum Gasteiger partial charge on any atom is -0.477 e. The Morgan fingerprint density at radius 1 is 1.15 bits per heavy atom. The van der Waals surface area contributed by atoms with Crippen LogP contribution in [0.2, 0.25) is 5.02 Å². The van der Waals surface area contributed by atoms with Crippen molar-refractivity contribution in [2.75, 3.05) is 5.32 Å². The van der Waals surface area contributed by atoms with E-state index in [1.165, 1.54) is 11.3 Å². The van der Waals surface area contributed by atoms with Gasteiger partial charge in [-0.25, -0.2) is 4.79 Å². The van der Waals surface area contributed by atoms with Crippen molar-refractivity contribution >= 4 is 40.5 Å². The van der Waals surface area contributed by atoms with E-state index in [2.05, 4.69) is 5.32 Å². The smallest absolute Gasteiger partial charge is 0.346 e. The number of thiophene rings is 1. The zero-order valence-corrected chi connectivity index (χ0v) is 16.0. The molecule has 0 bridgehead atoms. The second-order valence-electron chi connectivity index (χ2n) is 6.57. The van der Waals surface area contributed by atoms with Crippen LogP contribution in [0.1, 0.15) is 38.0 Å². The van der Waals surface area contributed by atoms with E-state index in [9.17, 15) is 14.7 Å². The molecular weight excluding hydrogens is 382 g/mol. The molecule has 3 aromatic rings. The van der Waals surface area contributed by atoms with E-state index in [0.717, 1.165) is 21.6 Å². The number of carbonyl (C=O) groups is 2. The molecule has 0 aliphatic carbocycles. The summed E-state index contributed by atoms with van der Waals surface area (Å²) in [5.74, 6) is -1.27. The largest absolute Gasteiger partial charge is 0.477 e. The molecule has 0 radical (unpaired) electrons. The first-order chi connectivity index (χ1) is 12.9. The third-order valence-electron chi connectivity index (χ3n) is 4.71. The van der Waals surface area contributed by atoms with Crippen molar-refractivity contribution in [3.8, 4) is 11.1 Å². The lowest BCUT2D eigenvalue weighted by atomic mass is 9.88. The molecule has 0 spiro atoms. The Hall–Kier alpha value is -2.63. The predicted octanol–water partition coefficient (Wildman–Crippen LogP) is 5.55. The molecule has 4 rings (SSSR count). The van der Waals surface area contributed by atoms with E-state index < -0.39 is 5.97 Å². The molecule has 1 aliphatic heterocycles. The van der Waals surface area contributed by atoms with Gasteiger partial charge < -0.3 is 10.4 Å². The Morgan fingerprint density at radius 2 is 1.81 bits per heavy atom. The first-order valence-electron chi connectivity index (χ1n) is 8.46. The number of aromatic carboxylic acids is 1. The van der Waals surface area contributed by atoms with E-state index in [-0.39, 0.29) is 16.7 Å². The molecule has 4 nitrogen and oxygen atoms in total. The fraction of sp³-hybridized carbons (Fsp3) is 0.143. The number of nitrogens with one attached hydrogen (secondary N) is 1. The molecule has 1 atom stereocenters. The summed E-state index contributed by atoms with van der Waals surface area (Å²) in [6.07, 6.45) is 0.301. The highest BCUT2D eigenvalue weighted by atomic mass is 35.5. The molecule has 1 aliphatic rings. The summed E-state index contributed by atoms with van der Waals surface area (Å²) in [7, 11) is 0. The number of halogens is 1. The average Bonchev–Trinajstić information content (AvgIpc) is 3.02. The number of carbonyl (C=O) groups excluding carboxylic acids is 1. The molecule has 1 aromatic heterocycles. The third-order valence-corrected chi connectivity index (χ3v) is 6.26. The molecule has 0 saturated carbocycles. The van der Waals surface area contributed by atoms with Gasteiger partial charge in [-0.2, -0.15) is 0 Å². The molecule has 2 aromatic carbocycles. The van der Waals surface area contributed by atoms with Crippen molar-refractivity contribution in [2.24, 2.45) is 0 Å². The van der Waals surface area contributed by atoms with Crippen molar-refractivity contribution < 1.29 is 14.7 Å². The van der Waals surface area contributed by atoms with Crippen LogP contribution in [0.4, 0.5) is 5.69 Å². The third kappa shape index (κ3) is 3.24. The van der Waals surface area contributed by atoms with Crippen LogP contribution in [-0.4, -0.2) is 17.0 Å². The van der Waals surface area contributed by atoms with Crippen LogP contribution in [0.5, 0.6) is 0 Å². The Kier molecular flexibility index (Phi) is 4.50. The van der Waals surface area contributed by atoms with Gasteiger partial charge in [0.15, 0.2) is 0 Å². The number of hydrogen-bond acceptors (Lipinski definition) is 3. The maximum absolute atomic E-state index is 12.4. The molecule has 0 fully saturated rings. The highest BCUT2D eigenvalue weighted by molar-refractivity contribution is 7.15. The van der Waals surface area contributed by atoms with Gasteiger partial charge in [0.2, 0.25) is 5.91 Å². The number of fused-ring (bicyclic) bond motifs is 1. The van der Waals surface area contributed by atoms with Gasteiger partial charge in [0, 0.05) is 27.8 Å². The molecule has 0 saturated heterocycles. The number of hydrogen-bond donors (Lipinski definition) is 2. The van der Waals surface area contributed by atoms with E-state index >= 15 is 0 Å². The van der Waals surface area contributed by atoms with E-state index in [0.29, 0.717) is 22.7 Å². The number of amides is 1. The van der Waals surface area contributed by atoms with Crippen LogP contribution in [0.3, 0.4) is 0 Å². The quantitative estimate of drug-likeness (QED) is 0.608. The summed E-state index contributed by atoms with van der Waals surface area (Å²) in [4.78, 5) is 25.4. The molecule has 1 amide bonds. The highest BCUT2D eigenvalue weighted by Crippen LogP contribution is 2.49. The van der Waals surface area contributed by atoms with Crippen LogP contribution in [-0.2, 0) is 4.79 Å². The highest BCUT2D eigenvalue weighted by Gasteiger charge is 2.34. The fourth-order valence-corrected chi connectivity index (χ4v) is 4.77. The van der Waals surface area contributed by atoms with Crippen molar-refractivity contribution in [1.82, 2.24) is 0 Å². The van der Waals surface area contributed by atoms with Gasteiger partial charge in [-0.15, -0.1) is 11.3 Å². The van der Waals surface area contributed by atoms with Gasteiger partial charge in [-0.1, -0.05) is 53.6 Å². The second kappa shape index (κ2) is 6.83. The lowest BCUT2D eigenvalue weighted by Gasteiger charge is -2.24. The number of rotatable bonds is 3. The van der Waals surface area contributed by atoms with Crippen LogP contribution in [0, 0.1) is 6.92 Å². The van der Waals surface area contributed by atoms with Crippen LogP contribution >= 0.6 is 22.9 Å². The van der Waals surface area contributed by atoms with E-state index in [1.54, 1.807) is 24.3 Å². The summed E-state index contributed by atoms with van der Waals surface area (Å²) >= 11 is 7.21. The number of benzene rings is 2. The number of carboxylic acids is 1. The first-order valence-corrected chi connectivity index (χ1v) is 9.66. The monoisotopic (exact) mass is 397 g/mol. The normalized spacial score (nSPS) is 15.9. The molecule has 136 valence electrons. The SMILES string of the molecule is Cc1ccc([C@@H]2CC(=O)Nc3c2sc(C(=O)O)c3-c2ccc(Cl)cc2)cc1. The maximum atomic E-state index is 12.4. The average molecular weight is 398 g/mol. The topological polar surface area (TPSA) is 66.4 Å². The molecule has 27 heavy (non-hydrogen) atoms. The predicted molar refractivity (Wildman–Crippen MR) is 108 cm³/mol. The Morgan fingerprint density at radius 3 is 2.44 bits per heavy atom. The van der Waals surface area contributed by atoms with Gasteiger partial charge in [0.25, 0.3) is 0 Å². The van der Waals surface area contributed by atoms with Gasteiger partial charge >= 0.3 is 5.97 Å². The maximum Gasteiger partial charge on any atom is 0.346 e. The summed E-state index contributed by atoms with van der Waals surface area (Å²) in [6.45, 7) is 2.01. The summed E-state index contributed by atoms with van der Waals surface area (Å²) < 4.78 is 0. The zero-order chi connectivity index (χ0) is 19.1. The molecule has 2 N–H and O–H groups in total. The number of carboxylic acid groups (broad SMARTS) is 1. The van der Waals surface area contributed by atoms with E-state index in [1.807, 2.05) is 31.2 Å². The van der Waals surface area contributed by atoms with Crippen molar-refractivity contribution in [2.45, 2.75) is 19.3 Å². The van der Waals surface area contributed by atoms with Crippen LogP contribution in [0.15, 0.2) is 48.5 Å². The minimum atomic E-state index is -1.00. The molecule has 2 heterocycles. The first kappa shape index (κ1) is 17.8. The number of aryl methyl sites for hydroxylation is 1. The summed E-state index contributed by atoms with van der Waals surface area (Å²) in [5, 5.41) is 13.2. The van der Waals surface area contributed by atoms with Crippen LogP contribution < -0.4 is 5.32 Å². The standard InChI is InChI=1S/C21H16ClNO3S/c1-11-2-4-12(5-3-11)15-10-16(24)23-18-17(13-6-8-14(22)9-7-13)20(21(25)26)27-19(15)18/h2-9,15H,10H2,1H3,(H,23,24)(H,25,26)/t15-/m0/s1. The van der Waals surface area contributed by atoms with Crippen molar-refractivity contribution in [3.05, 3.63) is 74.4 Å². The summed E-state index contributed by atoms with van der Waals surface area (Å²) in [5.41, 5.74) is 4.01. The van der Waals surface area contributed by atoms with Gasteiger partial charge in [0.05, 0.1) is 5.69 Å². The Labute approximate surface area is 165 Å². The lowest BCUT2D eigenvalue weighted by molar-refractivity contribution is -0.116. The second-order valence-corrected chi connectivity index (χ2v) is 8.06. The van der Waals surface area contributed by atoms with Gasteiger partial charge in [0.1, 0.15) is 4.88 Å². The Bertz CT molecular complexity index is 1040. The fourth-order valence-electron chi connectivity index (χ4n) is 3.40. The molecule has 6 heteroatoms. The van der Waals surface area contributed by atoms with E-state index in [4.69, 9.17) is 11.6 Å². The minimum absolute atomic E-state index is 0.113. The lowest BCUT2D eigenvalue weighted by Crippen LogP contribution is -2.22. The van der Waals surface area contributed by atoms with Gasteiger partial charge in [-0.3, -0.25) is 4.79 Å². The summed E-state index contributed by atoms with van der Waals surface area (Å²) in [6, 6.07) is 15.0. The zero-order valence-electron chi connectivity index (χ0n) is 14.5. The van der Waals surface area contributed by atoms with Gasteiger partial charge in [-0.05, 0) is 30.2 Å². The Balaban J connectivity index is 1.92. The van der Waals surface area contributed by atoms with Crippen molar-refractivity contribution in [1.29, 1.82) is 0 Å². The molecular formula is C21H16ClNO3S. The van der Waals surface area contributed by atoms with Crippen LogP contribution in [0.25, 0.3) is 11.1 Å². The molecule has 0 unspecified atom stereocenters. The number of anilines is 1. The van der Waals surface area contributed by atoms with Crippen molar-refractivity contribution in [3.63, 3.8) is 0 Å².